The van der Waals surface area contributed by atoms with Crippen molar-refractivity contribution in [2.75, 3.05) is 25.1 Å². The van der Waals surface area contributed by atoms with E-state index in [-0.39, 0.29) is 0 Å². The summed E-state index contributed by atoms with van der Waals surface area (Å²) in [6.07, 6.45) is 1.94. The van der Waals surface area contributed by atoms with Crippen LogP contribution < -0.4 is 4.90 Å². The lowest BCUT2D eigenvalue weighted by atomic mass is 10.2. The predicted molar refractivity (Wildman–Crippen MR) is 66.3 cm³/mol. The van der Waals surface area contributed by atoms with Crippen molar-refractivity contribution in [3.05, 3.63) is 42.5 Å². The second-order valence-corrected chi connectivity index (χ2v) is 3.50. The minimum Gasteiger partial charge on any atom is -0.461 e. The summed E-state index contributed by atoms with van der Waals surface area (Å²) in [5.41, 5.74) is 1.60. The quantitative estimate of drug-likeness (QED) is 0.426. The van der Waals surface area contributed by atoms with Gasteiger partial charge in [-0.1, -0.05) is 6.58 Å². The molecule has 0 aromatic heterocycles. The standard InChI is InChI=1S/C13H15NO3/c1-3-13(16)17-9-8-14(2)12-6-4-11(10-15)5-7-12/h3-7,10H,1,8-9H2,2H3. The van der Waals surface area contributed by atoms with Gasteiger partial charge in [0.2, 0.25) is 0 Å². The Morgan fingerprint density at radius 2 is 2.06 bits per heavy atom. The molecule has 90 valence electrons. The van der Waals surface area contributed by atoms with Gasteiger partial charge in [-0.25, -0.2) is 4.79 Å². The largest absolute Gasteiger partial charge is 0.461 e. The first-order valence-corrected chi connectivity index (χ1v) is 5.23. The maximum Gasteiger partial charge on any atom is 0.330 e. The van der Waals surface area contributed by atoms with Gasteiger partial charge in [-0.3, -0.25) is 4.79 Å². The Bertz CT molecular complexity index is 398. The van der Waals surface area contributed by atoms with Gasteiger partial charge in [-0.15, -0.1) is 0 Å². The van der Waals surface area contributed by atoms with Gasteiger partial charge in [0.1, 0.15) is 12.9 Å². The molecule has 0 atom stereocenters. The van der Waals surface area contributed by atoms with E-state index in [2.05, 4.69) is 6.58 Å². The van der Waals surface area contributed by atoms with Gasteiger partial charge in [0, 0.05) is 24.4 Å². The van der Waals surface area contributed by atoms with Crippen molar-refractivity contribution in [3.63, 3.8) is 0 Å². The van der Waals surface area contributed by atoms with Gasteiger partial charge < -0.3 is 9.64 Å². The van der Waals surface area contributed by atoms with E-state index in [9.17, 15) is 9.59 Å². The molecule has 0 fully saturated rings. The lowest BCUT2D eigenvalue weighted by molar-refractivity contribution is -0.137. The van der Waals surface area contributed by atoms with Gasteiger partial charge in [0.25, 0.3) is 0 Å². The van der Waals surface area contributed by atoms with Crippen LogP contribution in [0.5, 0.6) is 0 Å². The zero-order valence-electron chi connectivity index (χ0n) is 9.76. The average Bonchev–Trinajstić information content (AvgIpc) is 2.38. The molecule has 0 N–H and O–H groups in total. The summed E-state index contributed by atoms with van der Waals surface area (Å²) in [6, 6.07) is 7.18. The van der Waals surface area contributed by atoms with Crippen LogP contribution in [0.15, 0.2) is 36.9 Å². The van der Waals surface area contributed by atoms with Crippen LogP contribution in [0.1, 0.15) is 10.4 Å². The van der Waals surface area contributed by atoms with Crippen LogP contribution in [0.25, 0.3) is 0 Å². The van der Waals surface area contributed by atoms with E-state index < -0.39 is 5.97 Å². The van der Waals surface area contributed by atoms with Crippen LogP contribution in [0.2, 0.25) is 0 Å². The molecule has 0 radical (unpaired) electrons. The summed E-state index contributed by atoms with van der Waals surface area (Å²) in [4.78, 5) is 23.2. The molecule has 1 aromatic carbocycles. The van der Waals surface area contributed by atoms with Crippen molar-refractivity contribution in [1.82, 2.24) is 0 Å². The second kappa shape index (κ2) is 6.48. The van der Waals surface area contributed by atoms with Crippen LogP contribution >= 0.6 is 0 Å². The van der Waals surface area contributed by atoms with Crippen molar-refractivity contribution < 1.29 is 14.3 Å². The number of aldehydes is 1. The van der Waals surface area contributed by atoms with E-state index in [0.717, 1.165) is 18.0 Å². The minimum absolute atomic E-state index is 0.302. The second-order valence-electron chi connectivity index (χ2n) is 3.50. The maximum absolute atomic E-state index is 10.8. The summed E-state index contributed by atoms with van der Waals surface area (Å²) in [5.74, 6) is -0.422. The molecule has 0 heterocycles. The number of nitrogens with zero attached hydrogens (tertiary/aromatic N) is 1. The van der Waals surface area contributed by atoms with E-state index in [0.29, 0.717) is 18.7 Å². The average molecular weight is 233 g/mol. The van der Waals surface area contributed by atoms with E-state index in [4.69, 9.17) is 4.74 Å². The minimum atomic E-state index is -0.422. The number of anilines is 1. The summed E-state index contributed by atoms with van der Waals surface area (Å²) in [7, 11) is 1.89. The van der Waals surface area contributed by atoms with Gasteiger partial charge in [0.05, 0.1) is 6.54 Å². The first-order chi connectivity index (χ1) is 8.17. The topological polar surface area (TPSA) is 46.6 Å². The number of carbonyl (C=O) groups is 2. The molecule has 0 saturated carbocycles. The summed E-state index contributed by atoms with van der Waals surface area (Å²) in [6.45, 7) is 4.20. The van der Waals surface area contributed by atoms with Gasteiger partial charge >= 0.3 is 5.97 Å². The van der Waals surface area contributed by atoms with Crippen molar-refractivity contribution in [2.45, 2.75) is 0 Å². The van der Waals surface area contributed by atoms with Crippen molar-refractivity contribution in [2.24, 2.45) is 0 Å². The lowest BCUT2D eigenvalue weighted by Crippen LogP contribution is -2.23. The Morgan fingerprint density at radius 1 is 1.41 bits per heavy atom. The van der Waals surface area contributed by atoms with Crippen molar-refractivity contribution >= 4 is 17.9 Å². The molecule has 17 heavy (non-hydrogen) atoms. The number of esters is 1. The molecule has 0 saturated heterocycles. The third-order valence-electron chi connectivity index (χ3n) is 2.31. The smallest absolute Gasteiger partial charge is 0.330 e. The third kappa shape index (κ3) is 4.10. The molecular formula is C13H15NO3. The highest BCUT2D eigenvalue weighted by atomic mass is 16.5. The molecule has 4 heteroatoms. The van der Waals surface area contributed by atoms with Crippen LogP contribution in [0, 0.1) is 0 Å². The van der Waals surface area contributed by atoms with E-state index in [1.54, 1.807) is 12.1 Å². The highest BCUT2D eigenvalue weighted by Crippen LogP contribution is 2.12. The van der Waals surface area contributed by atoms with E-state index >= 15 is 0 Å². The summed E-state index contributed by atoms with van der Waals surface area (Å²) in [5, 5.41) is 0. The lowest BCUT2D eigenvalue weighted by Gasteiger charge is -2.18. The fraction of sp³-hybridized carbons (Fsp3) is 0.231. The Kier molecular flexibility index (Phi) is 4.94. The monoisotopic (exact) mass is 233 g/mol. The number of benzene rings is 1. The normalized spacial score (nSPS) is 9.47. The molecule has 0 aliphatic heterocycles. The molecule has 0 unspecified atom stereocenters. The summed E-state index contributed by atoms with van der Waals surface area (Å²) >= 11 is 0. The number of carbonyl (C=O) groups excluding carboxylic acids is 2. The molecular weight excluding hydrogens is 218 g/mol. The third-order valence-corrected chi connectivity index (χ3v) is 2.31. The number of ether oxygens (including phenoxy) is 1. The number of hydrogen-bond donors (Lipinski definition) is 0. The van der Waals surface area contributed by atoms with Crippen LogP contribution in [0.3, 0.4) is 0 Å². The molecule has 0 spiro atoms. The number of rotatable bonds is 6. The van der Waals surface area contributed by atoms with Gasteiger partial charge in [0.15, 0.2) is 0 Å². The zero-order valence-corrected chi connectivity index (χ0v) is 9.76. The summed E-state index contributed by atoms with van der Waals surface area (Å²) < 4.78 is 4.87. The first kappa shape index (κ1) is 13.0. The SMILES string of the molecule is C=CC(=O)OCCN(C)c1ccc(C=O)cc1. The zero-order chi connectivity index (χ0) is 12.7. The van der Waals surface area contributed by atoms with Crippen molar-refractivity contribution in [1.29, 1.82) is 0 Å². The van der Waals surface area contributed by atoms with Gasteiger partial charge in [-0.2, -0.15) is 0 Å². The number of likely N-dealkylation sites (N-methyl/N-ethyl adjacent to an activating group) is 1. The van der Waals surface area contributed by atoms with Crippen molar-refractivity contribution in [3.8, 4) is 0 Å². The van der Waals surface area contributed by atoms with E-state index in [1.807, 2.05) is 24.1 Å². The molecule has 0 amide bonds. The molecule has 4 nitrogen and oxygen atoms in total. The molecule has 0 aliphatic carbocycles. The molecule has 1 aromatic rings. The fourth-order valence-corrected chi connectivity index (χ4v) is 1.28. The maximum atomic E-state index is 10.8. The molecule has 1 rings (SSSR count). The highest BCUT2D eigenvalue weighted by Gasteiger charge is 2.02. The van der Waals surface area contributed by atoms with Crippen LogP contribution in [-0.2, 0) is 9.53 Å². The number of hydrogen-bond acceptors (Lipinski definition) is 4. The Hall–Kier alpha value is -2.10. The van der Waals surface area contributed by atoms with Crippen LogP contribution in [-0.4, -0.2) is 32.5 Å². The van der Waals surface area contributed by atoms with Crippen LogP contribution in [0.4, 0.5) is 5.69 Å². The Morgan fingerprint density at radius 3 is 2.59 bits per heavy atom. The Balaban J connectivity index is 2.46. The Labute approximate surface area is 100 Å². The predicted octanol–water partition coefficient (Wildman–Crippen LogP) is 1.66. The highest BCUT2D eigenvalue weighted by molar-refractivity contribution is 5.81. The molecule has 0 bridgehead atoms. The first-order valence-electron chi connectivity index (χ1n) is 5.23. The molecule has 0 aliphatic rings. The van der Waals surface area contributed by atoms with E-state index in [1.165, 1.54) is 0 Å². The fourth-order valence-electron chi connectivity index (χ4n) is 1.28. The van der Waals surface area contributed by atoms with Gasteiger partial charge in [-0.05, 0) is 24.3 Å².